The zero-order valence-electron chi connectivity index (χ0n) is 8.16. The molecule has 1 amide bonds. The van der Waals surface area contributed by atoms with Crippen molar-refractivity contribution < 1.29 is 9.59 Å². The van der Waals surface area contributed by atoms with Gasteiger partial charge in [-0.15, -0.1) is 0 Å². The number of nitrogens with two attached hydrogens (primary N) is 1. The molecular formula is C11H15NO2. The first kappa shape index (κ1) is 8.45. The lowest BCUT2D eigenvalue weighted by atomic mass is 9.49. The van der Waals surface area contributed by atoms with Crippen LogP contribution in [0.25, 0.3) is 0 Å². The van der Waals surface area contributed by atoms with Crippen LogP contribution in [0, 0.1) is 23.2 Å². The van der Waals surface area contributed by atoms with Gasteiger partial charge in [-0.05, 0) is 38.0 Å². The highest BCUT2D eigenvalue weighted by Gasteiger charge is 2.57. The van der Waals surface area contributed by atoms with Crippen LogP contribution in [-0.4, -0.2) is 11.7 Å². The number of hydrogen-bond acceptors (Lipinski definition) is 2. The Hall–Kier alpha value is -0.860. The quantitative estimate of drug-likeness (QED) is 0.671. The van der Waals surface area contributed by atoms with Gasteiger partial charge < -0.3 is 5.73 Å². The summed E-state index contributed by atoms with van der Waals surface area (Å²) in [5, 5.41) is 0. The lowest BCUT2D eigenvalue weighted by molar-refractivity contribution is -0.155. The highest BCUT2D eigenvalue weighted by atomic mass is 16.1. The molecule has 4 fully saturated rings. The van der Waals surface area contributed by atoms with Crippen LogP contribution in [0.3, 0.4) is 0 Å². The zero-order valence-corrected chi connectivity index (χ0v) is 8.16. The number of amides is 1. The maximum atomic E-state index is 11.8. The molecule has 2 N–H and O–H groups in total. The molecule has 0 aromatic rings. The summed E-state index contributed by atoms with van der Waals surface area (Å²) in [6.07, 6.45) is 4.47. The van der Waals surface area contributed by atoms with Crippen molar-refractivity contribution in [2.45, 2.75) is 32.1 Å². The molecule has 14 heavy (non-hydrogen) atoms. The van der Waals surface area contributed by atoms with Crippen molar-refractivity contribution in [2.75, 3.05) is 0 Å². The Balaban J connectivity index is 2.00. The van der Waals surface area contributed by atoms with Gasteiger partial charge in [0.25, 0.3) is 0 Å². The number of rotatable bonds is 1. The minimum Gasteiger partial charge on any atom is -0.369 e. The van der Waals surface area contributed by atoms with Gasteiger partial charge in [-0.2, -0.15) is 0 Å². The molecule has 2 atom stereocenters. The first-order valence-corrected chi connectivity index (χ1v) is 5.44. The van der Waals surface area contributed by atoms with Crippen molar-refractivity contribution >= 4 is 11.7 Å². The molecule has 76 valence electrons. The normalized spacial score (nSPS) is 49.7. The smallest absolute Gasteiger partial charge is 0.223 e. The predicted molar refractivity (Wildman–Crippen MR) is 50.2 cm³/mol. The number of carbonyl (C=O) groups is 2. The fourth-order valence-electron chi connectivity index (χ4n) is 4.05. The second-order valence-electron chi connectivity index (χ2n) is 5.39. The second-order valence-corrected chi connectivity index (χ2v) is 5.39. The molecule has 0 radical (unpaired) electrons. The maximum absolute atomic E-state index is 11.8. The Bertz CT molecular complexity index is 305. The van der Waals surface area contributed by atoms with Crippen LogP contribution in [0.1, 0.15) is 32.1 Å². The average molecular weight is 193 g/mol. The van der Waals surface area contributed by atoms with Gasteiger partial charge in [0.15, 0.2) is 0 Å². The summed E-state index contributed by atoms with van der Waals surface area (Å²) in [5.41, 5.74) is 5.19. The third-order valence-electron chi connectivity index (χ3n) is 4.52. The molecule has 0 aromatic carbocycles. The third kappa shape index (κ3) is 0.877. The Morgan fingerprint density at radius 1 is 1.21 bits per heavy atom. The van der Waals surface area contributed by atoms with Crippen molar-refractivity contribution in [2.24, 2.45) is 28.9 Å². The van der Waals surface area contributed by atoms with Gasteiger partial charge in [-0.3, -0.25) is 9.59 Å². The second kappa shape index (κ2) is 2.38. The van der Waals surface area contributed by atoms with Crippen molar-refractivity contribution in [3.05, 3.63) is 0 Å². The Morgan fingerprint density at radius 3 is 2.29 bits per heavy atom. The highest BCUT2D eigenvalue weighted by Crippen LogP contribution is 2.58. The van der Waals surface area contributed by atoms with E-state index in [9.17, 15) is 9.59 Å². The minimum atomic E-state index is -0.301. The Kier molecular flexibility index (Phi) is 1.44. The van der Waals surface area contributed by atoms with E-state index in [-0.39, 0.29) is 23.2 Å². The van der Waals surface area contributed by atoms with Gasteiger partial charge in [0.1, 0.15) is 5.78 Å². The molecule has 4 rings (SSSR count). The van der Waals surface area contributed by atoms with E-state index in [4.69, 9.17) is 5.73 Å². The van der Waals surface area contributed by atoms with Crippen LogP contribution in [0.5, 0.6) is 0 Å². The molecule has 4 aliphatic carbocycles. The molecule has 4 aliphatic rings. The summed E-state index contributed by atoms with van der Waals surface area (Å²) in [6, 6.07) is 0. The zero-order chi connectivity index (χ0) is 9.92. The summed E-state index contributed by atoms with van der Waals surface area (Å²) in [7, 11) is 0. The number of Topliss-reactive ketones (excluding diaryl/α,β-unsaturated/α-hetero) is 1. The van der Waals surface area contributed by atoms with Crippen LogP contribution in [0.4, 0.5) is 0 Å². The summed E-state index contributed by atoms with van der Waals surface area (Å²) >= 11 is 0. The topological polar surface area (TPSA) is 60.2 Å². The van der Waals surface area contributed by atoms with Gasteiger partial charge in [-0.25, -0.2) is 0 Å². The van der Waals surface area contributed by atoms with E-state index in [0.717, 1.165) is 32.1 Å². The summed E-state index contributed by atoms with van der Waals surface area (Å²) in [5.74, 6) is 1.17. The molecule has 3 heteroatoms. The molecule has 0 aromatic heterocycles. The molecular weight excluding hydrogens is 178 g/mol. The largest absolute Gasteiger partial charge is 0.369 e. The standard InChI is InChI=1S/C11H15NO2/c12-10(14)11-3-6-1-7(4-11)9(13)8(2-6)5-11/h6-8H,1-5H2,(H2,12,14)/t6?,7-,8-,11?/m0/s1. The molecule has 4 bridgehead atoms. The van der Waals surface area contributed by atoms with Crippen molar-refractivity contribution in [1.82, 2.24) is 0 Å². The number of carbonyl (C=O) groups excluding carboxylic acids is 2. The average Bonchev–Trinajstić information content (AvgIpc) is 2.12. The van der Waals surface area contributed by atoms with E-state index < -0.39 is 0 Å². The predicted octanol–water partition coefficient (Wildman–Crippen LogP) is 0.867. The van der Waals surface area contributed by atoms with Gasteiger partial charge in [-0.1, -0.05) is 0 Å². The van der Waals surface area contributed by atoms with Crippen molar-refractivity contribution in [3.8, 4) is 0 Å². The lowest BCUT2D eigenvalue weighted by Gasteiger charge is -2.54. The van der Waals surface area contributed by atoms with E-state index in [2.05, 4.69) is 0 Å². The first-order valence-electron chi connectivity index (χ1n) is 5.44. The minimum absolute atomic E-state index is 0.161. The van der Waals surface area contributed by atoms with E-state index >= 15 is 0 Å². The molecule has 0 spiro atoms. The van der Waals surface area contributed by atoms with Crippen LogP contribution < -0.4 is 5.73 Å². The van der Waals surface area contributed by atoms with E-state index in [1.54, 1.807) is 0 Å². The maximum Gasteiger partial charge on any atom is 0.223 e. The Labute approximate surface area is 83.0 Å². The van der Waals surface area contributed by atoms with Crippen LogP contribution in [-0.2, 0) is 9.59 Å². The van der Waals surface area contributed by atoms with Crippen molar-refractivity contribution in [1.29, 1.82) is 0 Å². The molecule has 0 saturated heterocycles. The monoisotopic (exact) mass is 193 g/mol. The molecule has 0 unspecified atom stereocenters. The number of hydrogen-bond donors (Lipinski definition) is 1. The van der Waals surface area contributed by atoms with Gasteiger partial charge in [0, 0.05) is 11.8 Å². The van der Waals surface area contributed by atoms with E-state index in [1.165, 1.54) is 0 Å². The summed E-state index contributed by atoms with van der Waals surface area (Å²) in [4.78, 5) is 23.3. The summed E-state index contributed by atoms with van der Waals surface area (Å²) < 4.78 is 0. The fourth-order valence-corrected chi connectivity index (χ4v) is 4.05. The Morgan fingerprint density at radius 2 is 1.79 bits per heavy atom. The third-order valence-corrected chi connectivity index (χ3v) is 4.52. The van der Waals surface area contributed by atoms with Gasteiger partial charge in [0.05, 0.1) is 5.41 Å². The van der Waals surface area contributed by atoms with Crippen LogP contribution >= 0.6 is 0 Å². The number of primary amides is 1. The van der Waals surface area contributed by atoms with Gasteiger partial charge in [0.2, 0.25) is 5.91 Å². The van der Waals surface area contributed by atoms with Crippen LogP contribution in [0.15, 0.2) is 0 Å². The van der Waals surface area contributed by atoms with E-state index in [1.807, 2.05) is 0 Å². The molecule has 0 aliphatic heterocycles. The lowest BCUT2D eigenvalue weighted by Crippen LogP contribution is -2.56. The van der Waals surface area contributed by atoms with Crippen molar-refractivity contribution in [3.63, 3.8) is 0 Å². The molecule has 4 saturated carbocycles. The highest BCUT2D eigenvalue weighted by molar-refractivity contribution is 5.90. The van der Waals surface area contributed by atoms with Gasteiger partial charge >= 0.3 is 0 Å². The van der Waals surface area contributed by atoms with Crippen LogP contribution in [0.2, 0.25) is 0 Å². The summed E-state index contributed by atoms with van der Waals surface area (Å²) in [6.45, 7) is 0. The SMILES string of the molecule is NC(=O)C12CC3C[C@@H](C1)C(=O)[C@@H](C3)C2. The number of ketones is 1. The first-order chi connectivity index (χ1) is 6.61. The fraction of sp³-hybridized carbons (Fsp3) is 0.818. The molecule has 0 heterocycles. The molecule has 3 nitrogen and oxygen atoms in total. The van der Waals surface area contributed by atoms with E-state index in [0.29, 0.717) is 11.7 Å².